The Morgan fingerprint density at radius 2 is 2.23 bits per heavy atom. The summed E-state index contributed by atoms with van der Waals surface area (Å²) in [6.45, 7) is 4.87. The number of carbonyl (C=O) groups is 1. The van der Waals surface area contributed by atoms with Gasteiger partial charge in [0.15, 0.2) is 17.2 Å². The fourth-order valence-electron chi connectivity index (χ4n) is 3.12. The molecule has 1 aromatic carbocycles. The molecule has 2 aromatic rings. The second-order valence-corrected chi connectivity index (χ2v) is 6.39. The molecule has 2 aliphatic rings. The highest BCUT2D eigenvalue weighted by molar-refractivity contribution is 5.92. The minimum atomic E-state index is -0.0458. The highest BCUT2D eigenvalue weighted by Gasteiger charge is 2.24. The Kier molecular flexibility index (Phi) is 4.66. The Morgan fingerprint density at radius 1 is 1.35 bits per heavy atom. The molecule has 2 N–H and O–H groups in total. The van der Waals surface area contributed by atoms with Gasteiger partial charge in [-0.2, -0.15) is 5.10 Å². The van der Waals surface area contributed by atoms with Gasteiger partial charge in [0.25, 0.3) is 5.91 Å². The van der Waals surface area contributed by atoms with Gasteiger partial charge >= 0.3 is 0 Å². The normalized spacial score (nSPS) is 18.8. The topological polar surface area (TPSA) is 88.7 Å². The molecule has 138 valence electrons. The van der Waals surface area contributed by atoms with E-state index in [2.05, 4.69) is 22.4 Å². The Hall–Kier alpha value is -2.74. The minimum Gasteiger partial charge on any atom is -0.487 e. The van der Waals surface area contributed by atoms with Crippen molar-refractivity contribution in [1.82, 2.24) is 20.4 Å². The average Bonchev–Trinajstić information content (AvgIpc) is 3.34. The summed E-state index contributed by atoms with van der Waals surface area (Å²) in [5.74, 6) is 2.01. The maximum absolute atomic E-state index is 12.6. The third-order valence-electron chi connectivity index (χ3n) is 4.62. The number of amides is 1. The first-order chi connectivity index (χ1) is 12.7. The van der Waals surface area contributed by atoms with Crippen molar-refractivity contribution < 1.29 is 19.0 Å². The van der Waals surface area contributed by atoms with Gasteiger partial charge in [-0.3, -0.25) is 9.89 Å². The van der Waals surface area contributed by atoms with Crippen molar-refractivity contribution in [1.29, 1.82) is 0 Å². The fourth-order valence-corrected chi connectivity index (χ4v) is 3.12. The van der Waals surface area contributed by atoms with E-state index in [-0.39, 0.29) is 12.7 Å². The molecule has 1 fully saturated rings. The smallest absolute Gasteiger partial charge is 0.274 e. The van der Waals surface area contributed by atoms with Crippen LogP contribution in [0.1, 0.15) is 29.5 Å². The molecule has 26 heavy (non-hydrogen) atoms. The van der Waals surface area contributed by atoms with Gasteiger partial charge in [0.2, 0.25) is 6.79 Å². The number of carbonyl (C=O) groups excluding carboxylic acids is 1. The molecule has 2 aliphatic heterocycles. The molecule has 4 rings (SSSR count). The van der Waals surface area contributed by atoms with E-state index in [1.54, 1.807) is 12.1 Å². The fraction of sp³-hybridized carbons (Fsp3) is 0.444. The first-order valence-corrected chi connectivity index (χ1v) is 8.82. The SMILES string of the molecule is CCC1CN(C(=O)c2cc(COc3ccc4c(c3)OCO4)[nH]n2)CCN1. The highest BCUT2D eigenvalue weighted by atomic mass is 16.7. The second-order valence-electron chi connectivity index (χ2n) is 6.39. The maximum atomic E-state index is 12.6. The van der Waals surface area contributed by atoms with Crippen molar-refractivity contribution in [2.24, 2.45) is 0 Å². The lowest BCUT2D eigenvalue weighted by Gasteiger charge is -2.32. The minimum absolute atomic E-state index is 0.0458. The van der Waals surface area contributed by atoms with Crippen LogP contribution in [0.3, 0.4) is 0 Å². The van der Waals surface area contributed by atoms with E-state index in [1.165, 1.54) is 0 Å². The third-order valence-corrected chi connectivity index (χ3v) is 4.62. The van der Waals surface area contributed by atoms with Gasteiger partial charge in [-0.25, -0.2) is 0 Å². The van der Waals surface area contributed by atoms with Crippen LogP contribution < -0.4 is 19.5 Å². The molecule has 0 aliphatic carbocycles. The molecule has 1 aromatic heterocycles. The molecule has 0 bridgehead atoms. The molecule has 8 heteroatoms. The van der Waals surface area contributed by atoms with Crippen molar-refractivity contribution >= 4 is 5.91 Å². The number of nitrogens with zero attached hydrogens (tertiary/aromatic N) is 2. The largest absolute Gasteiger partial charge is 0.487 e. The van der Waals surface area contributed by atoms with Gasteiger partial charge < -0.3 is 24.4 Å². The van der Waals surface area contributed by atoms with E-state index < -0.39 is 0 Å². The van der Waals surface area contributed by atoms with E-state index in [0.717, 1.165) is 18.7 Å². The Morgan fingerprint density at radius 3 is 3.12 bits per heavy atom. The number of hydrogen-bond acceptors (Lipinski definition) is 6. The van der Waals surface area contributed by atoms with Crippen molar-refractivity contribution in [2.75, 3.05) is 26.4 Å². The average molecular weight is 358 g/mol. The molecule has 1 unspecified atom stereocenters. The number of aromatic nitrogens is 2. The van der Waals surface area contributed by atoms with Gasteiger partial charge in [0, 0.05) is 31.7 Å². The van der Waals surface area contributed by atoms with Crippen LogP contribution in [0.5, 0.6) is 17.2 Å². The van der Waals surface area contributed by atoms with Crippen molar-refractivity contribution in [3.63, 3.8) is 0 Å². The van der Waals surface area contributed by atoms with Gasteiger partial charge in [0.1, 0.15) is 12.4 Å². The van der Waals surface area contributed by atoms with Crippen LogP contribution in [-0.4, -0.2) is 53.5 Å². The summed E-state index contributed by atoms with van der Waals surface area (Å²) in [6.07, 6.45) is 0.999. The zero-order chi connectivity index (χ0) is 17.9. The van der Waals surface area contributed by atoms with Crippen molar-refractivity contribution in [2.45, 2.75) is 26.0 Å². The number of hydrogen-bond donors (Lipinski definition) is 2. The number of ether oxygens (including phenoxy) is 3. The summed E-state index contributed by atoms with van der Waals surface area (Å²) < 4.78 is 16.4. The summed E-state index contributed by atoms with van der Waals surface area (Å²) in [6, 6.07) is 7.52. The zero-order valence-corrected chi connectivity index (χ0v) is 14.7. The molecule has 0 radical (unpaired) electrons. The summed E-state index contributed by atoms with van der Waals surface area (Å²) in [7, 11) is 0. The van der Waals surface area contributed by atoms with Crippen LogP contribution in [0, 0.1) is 0 Å². The molecule has 0 spiro atoms. The number of fused-ring (bicyclic) bond motifs is 1. The summed E-state index contributed by atoms with van der Waals surface area (Å²) in [5.41, 5.74) is 1.17. The van der Waals surface area contributed by atoms with Crippen LogP contribution in [-0.2, 0) is 6.61 Å². The predicted molar refractivity (Wildman–Crippen MR) is 93.5 cm³/mol. The molecule has 0 saturated carbocycles. The van der Waals surface area contributed by atoms with E-state index in [1.807, 2.05) is 17.0 Å². The number of aromatic amines is 1. The van der Waals surface area contributed by atoms with Gasteiger partial charge in [-0.1, -0.05) is 6.92 Å². The van der Waals surface area contributed by atoms with E-state index in [9.17, 15) is 4.79 Å². The standard InChI is InChI=1S/C18H22N4O4/c1-2-12-9-22(6-5-19-12)18(23)15-7-13(20-21-15)10-24-14-3-4-16-17(8-14)26-11-25-16/h3-4,7-8,12,19H,2,5-6,9-11H2,1H3,(H,20,21). The lowest BCUT2D eigenvalue weighted by atomic mass is 10.1. The number of benzene rings is 1. The zero-order valence-electron chi connectivity index (χ0n) is 14.7. The summed E-state index contributed by atoms with van der Waals surface area (Å²) in [5, 5.41) is 10.4. The number of piperazine rings is 1. The highest BCUT2D eigenvalue weighted by Crippen LogP contribution is 2.35. The summed E-state index contributed by atoms with van der Waals surface area (Å²) >= 11 is 0. The van der Waals surface area contributed by atoms with Crippen LogP contribution in [0.4, 0.5) is 0 Å². The predicted octanol–water partition coefficient (Wildman–Crippen LogP) is 1.54. The molecule has 3 heterocycles. The Labute approximate surface area is 151 Å². The molecule has 1 atom stereocenters. The molecule has 8 nitrogen and oxygen atoms in total. The van der Waals surface area contributed by atoms with E-state index >= 15 is 0 Å². The number of H-pyrrole nitrogens is 1. The molecular weight excluding hydrogens is 336 g/mol. The van der Waals surface area contributed by atoms with Crippen LogP contribution >= 0.6 is 0 Å². The maximum Gasteiger partial charge on any atom is 0.274 e. The first-order valence-electron chi connectivity index (χ1n) is 8.82. The van der Waals surface area contributed by atoms with Crippen molar-refractivity contribution in [3.05, 3.63) is 35.7 Å². The van der Waals surface area contributed by atoms with Crippen LogP contribution in [0.15, 0.2) is 24.3 Å². The second kappa shape index (κ2) is 7.25. The molecule has 1 amide bonds. The monoisotopic (exact) mass is 358 g/mol. The first kappa shape index (κ1) is 16.7. The molecule has 1 saturated heterocycles. The van der Waals surface area contributed by atoms with Gasteiger partial charge in [0.05, 0.1) is 5.69 Å². The van der Waals surface area contributed by atoms with Gasteiger partial charge in [-0.15, -0.1) is 0 Å². The lowest BCUT2D eigenvalue weighted by molar-refractivity contribution is 0.0695. The van der Waals surface area contributed by atoms with Gasteiger partial charge in [-0.05, 0) is 24.6 Å². The quantitative estimate of drug-likeness (QED) is 0.843. The number of rotatable bonds is 5. The molecular formula is C18H22N4O4. The third kappa shape index (κ3) is 3.45. The van der Waals surface area contributed by atoms with E-state index in [0.29, 0.717) is 48.7 Å². The van der Waals surface area contributed by atoms with Crippen molar-refractivity contribution in [3.8, 4) is 17.2 Å². The summed E-state index contributed by atoms with van der Waals surface area (Å²) in [4.78, 5) is 14.5. The number of nitrogens with one attached hydrogen (secondary N) is 2. The Bertz CT molecular complexity index is 791. The van der Waals surface area contributed by atoms with Crippen LogP contribution in [0.25, 0.3) is 0 Å². The Balaban J connectivity index is 1.36. The lowest BCUT2D eigenvalue weighted by Crippen LogP contribution is -2.52. The van der Waals surface area contributed by atoms with E-state index in [4.69, 9.17) is 14.2 Å². The van der Waals surface area contributed by atoms with Crippen LogP contribution in [0.2, 0.25) is 0 Å².